The van der Waals surface area contributed by atoms with Gasteiger partial charge in [-0.1, -0.05) is 311 Å². The summed E-state index contributed by atoms with van der Waals surface area (Å²) in [5.41, 5.74) is 0. The largest absolute Gasteiger partial charge is 0.462 e. The van der Waals surface area contributed by atoms with Crippen molar-refractivity contribution < 1.29 is 28.6 Å². The Hall–Kier alpha value is -3.67. The molecule has 0 fully saturated rings. The lowest BCUT2D eigenvalue weighted by molar-refractivity contribution is -0.167. The van der Waals surface area contributed by atoms with Crippen molar-refractivity contribution in [3.8, 4) is 0 Å². The van der Waals surface area contributed by atoms with Crippen LogP contribution in [0.5, 0.6) is 0 Å². The van der Waals surface area contributed by atoms with E-state index in [1.807, 2.05) is 0 Å². The van der Waals surface area contributed by atoms with Gasteiger partial charge in [0, 0.05) is 19.3 Å². The Kier molecular flexibility index (Phi) is 64.7. The Morgan fingerprint density at radius 2 is 0.487 bits per heavy atom. The molecule has 0 bridgehead atoms. The molecule has 0 aromatic carbocycles. The lowest BCUT2D eigenvalue weighted by atomic mass is 10.0. The predicted octanol–water partition coefficient (Wildman–Crippen LogP) is 23.6. The molecule has 1 unspecified atom stereocenters. The molecule has 1 atom stereocenters. The fourth-order valence-electron chi connectivity index (χ4n) is 9.71. The van der Waals surface area contributed by atoms with Crippen molar-refractivity contribution in [3.05, 3.63) is 97.2 Å². The number of carbonyl (C=O) groups is 3. The first-order valence-electron chi connectivity index (χ1n) is 34.2. The quantitative estimate of drug-likeness (QED) is 0.0261. The SMILES string of the molecule is CC/C=C\C/C=C\C/C=C\C/C=C\C/C=C\CCCCCCCCCCCCCCCC(=O)OCC(COC(=O)CCCCCCCC)OC(=O)CCCCCCCCCCCCCC/C=C\C/C=C\C/C=C\CCCCCCC. The lowest BCUT2D eigenvalue weighted by Gasteiger charge is -2.18. The molecule has 0 spiro atoms. The third-order valence-corrected chi connectivity index (χ3v) is 14.8. The maximum absolute atomic E-state index is 12.9. The molecule has 0 aliphatic heterocycles. The number of esters is 3. The van der Waals surface area contributed by atoms with Gasteiger partial charge in [-0.3, -0.25) is 14.4 Å². The molecule has 0 N–H and O–H groups in total. The Bertz CT molecular complexity index is 1560. The summed E-state index contributed by atoms with van der Waals surface area (Å²) in [6, 6.07) is 0. The molecule has 0 saturated heterocycles. The van der Waals surface area contributed by atoms with Crippen LogP contribution in [-0.4, -0.2) is 37.2 Å². The Morgan fingerprint density at radius 1 is 0.263 bits per heavy atom. The third-order valence-electron chi connectivity index (χ3n) is 14.8. The average molecular weight is 1110 g/mol. The van der Waals surface area contributed by atoms with Gasteiger partial charge in [-0.15, -0.1) is 0 Å². The maximum Gasteiger partial charge on any atom is 0.306 e. The van der Waals surface area contributed by atoms with Gasteiger partial charge in [-0.2, -0.15) is 0 Å². The lowest BCUT2D eigenvalue weighted by Crippen LogP contribution is -2.30. The van der Waals surface area contributed by atoms with Crippen LogP contribution in [0.4, 0.5) is 0 Å². The molecular weight excluding hydrogens is 985 g/mol. The molecule has 460 valence electrons. The topological polar surface area (TPSA) is 78.9 Å². The molecule has 0 heterocycles. The van der Waals surface area contributed by atoms with Crippen molar-refractivity contribution in [2.45, 2.75) is 341 Å². The first-order valence-corrected chi connectivity index (χ1v) is 34.2. The van der Waals surface area contributed by atoms with E-state index in [2.05, 4.69) is 118 Å². The monoisotopic (exact) mass is 1110 g/mol. The zero-order valence-electron chi connectivity index (χ0n) is 52.8. The average Bonchev–Trinajstić information content (AvgIpc) is 3.46. The summed E-state index contributed by atoms with van der Waals surface area (Å²) in [5, 5.41) is 0. The Morgan fingerprint density at radius 3 is 0.762 bits per heavy atom. The molecule has 0 saturated carbocycles. The van der Waals surface area contributed by atoms with Crippen molar-refractivity contribution in [2.24, 2.45) is 0 Å². The number of ether oxygens (including phenoxy) is 3. The van der Waals surface area contributed by atoms with Crippen molar-refractivity contribution >= 4 is 17.9 Å². The highest BCUT2D eigenvalue weighted by atomic mass is 16.6. The first-order chi connectivity index (χ1) is 39.5. The summed E-state index contributed by atoms with van der Waals surface area (Å²) in [6.07, 6.45) is 91.8. The van der Waals surface area contributed by atoms with Gasteiger partial charge in [0.25, 0.3) is 0 Å². The van der Waals surface area contributed by atoms with Crippen LogP contribution in [-0.2, 0) is 28.6 Å². The first kappa shape index (κ1) is 76.3. The van der Waals surface area contributed by atoms with Crippen molar-refractivity contribution in [2.75, 3.05) is 13.2 Å². The molecule has 0 aromatic rings. The van der Waals surface area contributed by atoms with E-state index in [1.54, 1.807) is 0 Å². The van der Waals surface area contributed by atoms with Crippen LogP contribution in [0.2, 0.25) is 0 Å². The normalized spacial score (nSPS) is 12.7. The molecule has 0 rings (SSSR count). The van der Waals surface area contributed by atoms with Gasteiger partial charge in [0.05, 0.1) is 0 Å². The standard InChI is InChI=1S/C74H128O6/c1-4-7-10-13-16-18-20-22-24-26-28-30-32-34-36-37-39-40-42-44-46-48-50-52-54-56-58-61-64-67-73(76)79-70-71(69-78-72(75)66-63-60-15-12-9-6-3)80-74(77)68-65-62-59-57-55-53-51-49-47-45-43-41-38-35-33-31-29-27-25-23-21-19-17-14-11-8-5-2/h7,10,16,18,21-24,27-30,33-36,71H,4-6,8-9,11-15,17,19-20,25-26,31-32,37-70H2,1-3H3/b10-7-,18-16-,23-21-,24-22-,29-27-,30-28-,35-33-,36-34-. The zero-order valence-corrected chi connectivity index (χ0v) is 52.8. The number of unbranched alkanes of at least 4 members (excludes halogenated alkanes) is 35. The van der Waals surface area contributed by atoms with E-state index < -0.39 is 6.10 Å². The van der Waals surface area contributed by atoms with E-state index in [-0.39, 0.29) is 31.1 Å². The second-order valence-electron chi connectivity index (χ2n) is 22.7. The van der Waals surface area contributed by atoms with E-state index in [0.717, 1.165) is 103 Å². The van der Waals surface area contributed by atoms with E-state index >= 15 is 0 Å². The summed E-state index contributed by atoms with van der Waals surface area (Å²) >= 11 is 0. The maximum atomic E-state index is 12.9. The van der Waals surface area contributed by atoms with Crippen molar-refractivity contribution in [3.63, 3.8) is 0 Å². The molecule has 80 heavy (non-hydrogen) atoms. The fraction of sp³-hybridized carbons (Fsp3) is 0.743. The van der Waals surface area contributed by atoms with Gasteiger partial charge in [-0.05, 0) is 103 Å². The third kappa shape index (κ3) is 65.1. The molecule has 6 heteroatoms. The summed E-state index contributed by atoms with van der Waals surface area (Å²) in [4.78, 5) is 38.1. The number of rotatable bonds is 62. The Labute approximate surface area is 496 Å². The van der Waals surface area contributed by atoms with Crippen LogP contribution in [0, 0.1) is 0 Å². The van der Waals surface area contributed by atoms with Gasteiger partial charge >= 0.3 is 17.9 Å². The van der Waals surface area contributed by atoms with Gasteiger partial charge in [0.15, 0.2) is 6.10 Å². The molecule has 0 aliphatic carbocycles. The van der Waals surface area contributed by atoms with Crippen molar-refractivity contribution in [1.29, 1.82) is 0 Å². The van der Waals surface area contributed by atoms with Crippen molar-refractivity contribution in [1.82, 2.24) is 0 Å². The van der Waals surface area contributed by atoms with Crippen LogP contribution in [0.15, 0.2) is 97.2 Å². The van der Waals surface area contributed by atoms with Gasteiger partial charge < -0.3 is 14.2 Å². The van der Waals surface area contributed by atoms with Crippen LogP contribution in [0.3, 0.4) is 0 Å². The fourth-order valence-corrected chi connectivity index (χ4v) is 9.71. The van der Waals surface area contributed by atoms with Crippen LogP contribution < -0.4 is 0 Å². The summed E-state index contributed by atoms with van der Waals surface area (Å²) in [5.74, 6) is -0.877. The smallest absolute Gasteiger partial charge is 0.306 e. The number of hydrogen-bond acceptors (Lipinski definition) is 6. The van der Waals surface area contributed by atoms with E-state index in [9.17, 15) is 14.4 Å². The van der Waals surface area contributed by atoms with Gasteiger partial charge in [-0.25, -0.2) is 0 Å². The van der Waals surface area contributed by atoms with E-state index in [4.69, 9.17) is 14.2 Å². The second kappa shape index (κ2) is 67.8. The minimum absolute atomic E-state index is 0.0759. The molecule has 6 nitrogen and oxygen atoms in total. The Balaban J connectivity index is 4.05. The summed E-state index contributed by atoms with van der Waals surface area (Å²) < 4.78 is 16.8. The molecule has 0 amide bonds. The predicted molar refractivity (Wildman–Crippen MR) is 348 cm³/mol. The van der Waals surface area contributed by atoms with E-state index in [1.165, 1.54) is 193 Å². The molecule has 0 aromatic heterocycles. The van der Waals surface area contributed by atoms with Gasteiger partial charge in [0.2, 0.25) is 0 Å². The highest BCUT2D eigenvalue weighted by Gasteiger charge is 2.19. The zero-order chi connectivity index (χ0) is 57.8. The minimum Gasteiger partial charge on any atom is -0.462 e. The highest BCUT2D eigenvalue weighted by Crippen LogP contribution is 2.17. The second-order valence-corrected chi connectivity index (χ2v) is 22.7. The summed E-state index contributed by atoms with van der Waals surface area (Å²) in [6.45, 7) is 6.48. The van der Waals surface area contributed by atoms with Crippen LogP contribution in [0.25, 0.3) is 0 Å². The highest BCUT2D eigenvalue weighted by molar-refractivity contribution is 5.71. The number of hydrogen-bond donors (Lipinski definition) is 0. The van der Waals surface area contributed by atoms with Crippen LogP contribution in [0.1, 0.15) is 335 Å². The number of allylic oxidation sites excluding steroid dienone is 16. The van der Waals surface area contributed by atoms with Gasteiger partial charge in [0.1, 0.15) is 13.2 Å². The van der Waals surface area contributed by atoms with Crippen LogP contribution >= 0.6 is 0 Å². The van der Waals surface area contributed by atoms with E-state index in [0.29, 0.717) is 19.3 Å². The molecule has 0 aliphatic rings. The number of carbonyl (C=O) groups excluding carboxylic acids is 3. The summed E-state index contributed by atoms with van der Waals surface area (Å²) in [7, 11) is 0. The molecule has 0 radical (unpaired) electrons. The minimum atomic E-state index is -0.776. The molecular formula is C74H128O6.